The van der Waals surface area contributed by atoms with E-state index in [0.29, 0.717) is 44.2 Å². The van der Waals surface area contributed by atoms with E-state index >= 15 is 0 Å². The number of carbonyl (C=O) groups is 4. The molecule has 0 aromatic heterocycles. The van der Waals surface area contributed by atoms with Crippen molar-refractivity contribution < 1.29 is 29.0 Å². The lowest BCUT2D eigenvalue weighted by atomic mass is 9.70. The number of esters is 1. The molecule has 0 saturated heterocycles. The van der Waals surface area contributed by atoms with Gasteiger partial charge in [-0.15, -0.1) is 0 Å². The van der Waals surface area contributed by atoms with Crippen LogP contribution in [0.1, 0.15) is 56.6 Å². The first kappa shape index (κ1) is 27.4. The van der Waals surface area contributed by atoms with Gasteiger partial charge in [-0.25, -0.2) is 0 Å². The second kappa shape index (κ2) is 12.2. The molecule has 1 aliphatic heterocycles. The van der Waals surface area contributed by atoms with Crippen molar-refractivity contribution in [3.8, 4) is 0 Å². The third-order valence-corrected chi connectivity index (χ3v) is 7.90. The summed E-state index contributed by atoms with van der Waals surface area (Å²) in [5, 5.41) is 12.5. The van der Waals surface area contributed by atoms with Gasteiger partial charge in [0.1, 0.15) is 12.6 Å². The molecule has 8 nitrogen and oxygen atoms in total. The molecule has 2 amide bonds. The zero-order valence-corrected chi connectivity index (χ0v) is 21.9. The number of amides is 2. The molecule has 2 aliphatic rings. The van der Waals surface area contributed by atoms with E-state index in [-0.39, 0.29) is 18.5 Å². The lowest BCUT2D eigenvalue weighted by Gasteiger charge is -2.36. The molecule has 4 rings (SSSR count). The number of hydrogen-bond donors (Lipinski definition) is 2. The number of rotatable bonds is 10. The molecule has 8 heteroatoms. The van der Waals surface area contributed by atoms with Crippen LogP contribution in [-0.2, 0) is 36.8 Å². The van der Waals surface area contributed by atoms with Crippen molar-refractivity contribution in [1.29, 1.82) is 0 Å². The third-order valence-electron chi connectivity index (χ3n) is 7.90. The molecule has 1 aliphatic carbocycles. The van der Waals surface area contributed by atoms with Crippen LogP contribution in [0, 0.1) is 11.3 Å². The Kier molecular flexibility index (Phi) is 8.81. The predicted octanol–water partition coefficient (Wildman–Crippen LogP) is 3.91. The van der Waals surface area contributed by atoms with Gasteiger partial charge < -0.3 is 15.2 Å². The standard InChI is InChI=1S/C30H36N2O6/c1-2-38-28(36)23(16-14-21-10-4-3-5-11-21)30(18-8-9-19-30)29(37)31-24-17-15-22-12-6-7-13-25(22)32(27(24)35)20-26(33)34/h3-7,10-13,23-24H,2,8-9,14-20H2,1H3,(H,31,37)(H,33,34)/t23-,24+/m1/s1. The van der Waals surface area contributed by atoms with Crippen molar-refractivity contribution in [1.82, 2.24) is 5.32 Å². The molecular formula is C30H36N2O6. The number of aryl methyl sites for hydroxylation is 2. The number of nitrogens with one attached hydrogen (secondary N) is 1. The highest BCUT2D eigenvalue weighted by molar-refractivity contribution is 6.04. The van der Waals surface area contributed by atoms with Crippen LogP contribution in [0.5, 0.6) is 0 Å². The Morgan fingerprint density at radius 1 is 1.08 bits per heavy atom. The van der Waals surface area contributed by atoms with Gasteiger partial charge >= 0.3 is 11.9 Å². The highest BCUT2D eigenvalue weighted by Crippen LogP contribution is 2.47. The van der Waals surface area contributed by atoms with E-state index in [0.717, 1.165) is 24.0 Å². The number of carboxylic acids is 1. The molecule has 1 fully saturated rings. The van der Waals surface area contributed by atoms with E-state index < -0.39 is 35.8 Å². The van der Waals surface area contributed by atoms with E-state index in [1.54, 1.807) is 19.1 Å². The Balaban J connectivity index is 1.60. The normalized spacial score (nSPS) is 19.2. The number of aliphatic carboxylic acids is 1. The lowest BCUT2D eigenvalue weighted by Crippen LogP contribution is -2.55. The number of nitrogens with zero attached hydrogens (tertiary/aromatic N) is 1. The maximum absolute atomic E-state index is 14.1. The van der Waals surface area contributed by atoms with E-state index in [2.05, 4.69) is 5.32 Å². The number of carbonyl (C=O) groups excluding carboxylic acids is 3. The summed E-state index contributed by atoms with van der Waals surface area (Å²) in [6.45, 7) is 1.49. The molecule has 202 valence electrons. The van der Waals surface area contributed by atoms with Crippen LogP contribution >= 0.6 is 0 Å². The fraction of sp³-hybridized carbons (Fsp3) is 0.467. The molecule has 2 aromatic rings. The summed E-state index contributed by atoms with van der Waals surface area (Å²) in [5.41, 5.74) is 1.52. The number of anilines is 1. The monoisotopic (exact) mass is 520 g/mol. The summed E-state index contributed by atoms with van der Waals surface area (Å²) in [6, 6.07) is 16.2. The molecule has 2 aromatic carbocycles. The number of hydrogen-bond acceptors (Lipinski definition) is 5. The molecule has 2 atom stereocenters. The summed E-state index contributed by atoms with van der Waals surface area (Å²) < 4.78 is 5.45. The summed E-state index contributed by atoms with van der Waals surface area (Å²) in [7, 11) is 0. The number of para-hydroxylation sites is 1. The van der Waals surface area contributed by atoms with E-state index in [9.17, 15) is 24.3 Å². The Morgan fingerprint density at radius 2 is 1.76 bits per heavy atom. The summed E-state index contributed by atoms with van der Waals surface area (Å²) in [5.74, 6) is -2.92. The quantitative estimate of drug-likeness (QED) is 0.460. The Labute approximate surface area is 223 Å². The lowest BCUT2D eigenvalue weighted by molar-refractivity contribution is -0.158. The van der Waals surface area contributed by atoms with Crippen molar-refractivity contribution >= 4 is 29.4 Å². The SMILES string of the molecule is CCOC(=O)[C@@H](CCc1ccccc1)C1(C(=O)N[C@H]2CCc3ccccc3N(CC(=O)O)C2=O)CCCC1. The van der Waals surface area contributed by atoms with Crippen LogP contribution in [0.25, 0.3) is 0 Å². The molecule has 0 unspecified atom stereocenters. The fourth-order valence-corrected chi connectivity index (χ4v) is 6.01. The van der Waals surface area contributed by atoms with Gasteiger partial charge in [-0.3, -0.25) is 24.1 Å². The van der Waals surface area contributed by atoms with Crippen LogP contribution in [0.3, 0.4) is 0 Å². The van der Waals surface area contributed by atoms with Crippen molar-refractivity contribution in [2.24, 2.45) is 11.3 Å². The van der Waals surface area contributed by atoms with Gasteiger partial charge in [0.05, 0.1) is 17.9 Å². The molecule has 0 bridgehead atoms. The third kappa shape index (κ3) is 5.90. The Hall–Kier alpha value is -3.68. The topological polar surface area (TPSA) is 113 Å². The number of ether oxygens (including phenoxy) is 1. The smallest absolute Gasteiger partial charge is 0.323 e. The van der Waals surface area contributed by atoms with Crippen molar-refractivity contribution in [2.45, 2.75) is 64.3 Å². The maximum atomic E-state index is 14.1. The van der Waals surface area contributed by atoms with E-state index in [1.807, 2.05) is 42.5 Å². The second-order valence-corrected chi connectivity index (χ2v) is 10.2. The molecule has 1 saturated carbocycles. The highest BCUT2D eigenvalue weighted by Gasteiger charge is 2.52. The molecule has 2 N–H and O–H groups in total. The van der Waals surface area contributed by atoms with Crippen molar-refractivity contribution in [2.75, 3.05) is 18.1 Å². The molecule has 0 spiro atoms. The summed E-state index contributed by atoms with van der Waals surface area (Å²) in [6.07, 6.45) is 4.66. The zero-order valence-electron chi connectivity index (χ0n) is 21.9. The van der Waals surface area contributed by atoms with E-state index in [1.165, 1.54) is 4.90 Å². The fourth-order valence-electron chi connectivity index (χ4n) is 6.01. The van der Waals surface area contributed by atoms with Crippen LogP contribution in [0.2, 0.25) is 0 Å². The minimum Gasteiger partial charge on any atom is -0.480 e. The minimum absolute atomic E-state index is 0.224. The average molecular weight is 521 g/mol. The number of carboxylic acid groups (broad SMARTS) is 1. The summed E-state index contributed by atoms with van der Waals surface area (Å²) >= 11 is 0. The van der Waals surface area contributed by atoms with E-state index in [4.69, 9.17) is 4.74 Å². The molecule has 0 radical (unpaired) electrons. The van der Waals surface area contributed by atoms with Crippen LogP contribution < -0.4 is 10.2 Å². The van der Waals surface area contributed by atoms with Gasteiger partial charge in [0.15, 0.2) is 0 Å². The van der Waals surface area contributed by atoms with Crippen LogP contribution in [-0.4, -0.2) is 48.1 Å². The Bertz CT molecular complexity index is 1160. The zero-order chi connectivity index (χ0) is 27.1. The van der Waals surface area contributed by atoms with Gasteiger partial charge in [-0.05, 0) is 62.6 Å². The molecule has 38 heavy (non-hydrogen) atoms. The largest absolute Gasteiger partial charge is 0.480 e. The van der Waals surface area contributed by atoms with Gasteiger partial charge in [0.2, 0.25) is 11.8 Å². The number of benzene rings is 2. The average Bonchev–Trinajstić information content (AvgIpc) is 3.37. The van der Waals surface area contributed by atoms with Crippen LogP contribution in [0.15, 0.2) is 54.6 Å². The van der Waals surface area contributed by atoms with Gasteiger partial charge in [-0.2, -0.15) is 0 Å². The second-order valence-electron chi connectivity index (χ2n) is 10.2. The van der Waals surface area contributed by atoms with Crippen molar-refractivity contribution in [3.05, 3.63) is 65.7 Å². The Morgan fingerprint density at radius 3 is 2.45 bits per heavy atom. The summed E-state index contributed by atoms with van der Waals surface area (Å²) in [4.78, 5) is 53.7. The molecule has 1 heterocycles. The highest BCUT2D eigenvalue weighted by atomic mass is 16.5. The minimum atomic E-state index is -1.13. The first-order chi connectivity index (χ1) is 18.4. The van der Waals surface area contributed by atoms with Gasteiger partial charge in [0, 0.05) is 5.69 Å². The van der Waals surface area contributed by atoms with Crippen LogP contribution in [0.4, 0.5) is 5.69 Å². The number of fused-ring (bicyclic) bond motifs is 1. The van der Waals surface area contributed by atoms with Gasteiger partial charge in [-0.1, -0.05) is 61.4 Å². The van der Waals surface area contributed by atoms with Gasteiger partial charge in [0.25, 0.3) is 0 Å². The maximum Gasteiger partial charge on any atom is 0.323 e. The van der Waals surface area contributed by atoms with Crippen molar-refractivity contribution in [3.63, 3.8) is 0 Å². The molecular weight excluding hydrogens is 484 g/mol. The predicted molar refractivity (Wildman–Crippen MR) is 142 cm³/mol. The first-order valence-corrected chi connectivity index (χ1v) is 13.5. The first-order valence-electron chi connectivity index (χ1n) is 13.5.